The summed E-state index contributed by atoms with van der Waals surface area (Å²) in [5.74, 6) is -0.489. The number of nitrogens with zero attached hydrogens (tertiary/aromatic N) is 1. The highest BCUT2D eigenvalue weighted by molar-refractivity contribution is 5.90. The summed E-state index contributed by atoms with van der Waals surface area (Å²) in [5.41, 5.74) is 3.36. The summed E-state index contributed by atoms with van der Waals surface area (Å²) in [6.07, 6.45) is -0.0638. The van der Waals surface area contributed by atoms with E-state index in [1.807, 2.05) is 35.8 Å². The second-order valence-corrected chi connectivity index (χ2v) is 5.73. The summed E-state index contributed by atoms with van der Waals surface area (Å²) >= 11 is 0. The van der Waals surface area contributed by atoms with Crippen molar-refractivity contribution in [3.63, 3.8) is 0 Å². The Morgan fingerprint density at radius 2 is 2.04 bits per heavy atom. The maximum atomic E-state index is 13.5. The molecule has 0 amide bonds. The Morgan fingerprint density at radius 1 is 1.25 bits per heavy atom. The van der Waals surface area contributed by atoms with Crippen LogP contribution in [0.4, 0.5) is 4.39 Å². The molecule has 0 radical (unpaired) electrons. The molecule has 0 atom stereocenters. The molecular weight excluding hydrogens is 309 g/mol. The molecule has 1 heterocycles. The van der Waals surface area contributed by atoms with Gasteiger partial charge in [0.2, 0.25) is 0 Å². The molecule has 0 spiro atoms. The summed E-state index contributed by atoms with van der Waals surface area (Å²) < 4.78 is 20.7. The SMILES string of the molecule is COc1ccc2c(c1)c(CC(=O)O)c(C)n2Cc1cccc(F)c1. The van der Waals surface area contributed by atoms with Crippen LogP contribution in [0.5, 0.6) is 5.75 Å². The highest BCUT2D eigenvalue weighted by atomic mass is 19.1. The van der Waals surface area contributed by atoms with Crippen LogP contribution in [0.15, 0.2) is 42.5 Å². The standard InChI is InChI=1S/C19H18FNO3/c1-12-16(10-19(22)23)17-9-15(24-2)6-7-18(17)21(12)11-13-4-3-5-14(20)8-13/h3-9H,10-11H2,1-2H3,(H,22,23). The first kappa shape index (κ1) is 16.1. The zero-order valence-corrected chi connectivity index (χ0v) is 13.5. The molecule has 1 aromatic heterocycles. The van der Waals surface area contributed by atoms with E-state index < -0.39 is 5.97 Å². The molecule has 0 aliphatic rings. The van der Waals surface area contributed by atoms with Gasteiger partial charge in [-0.3, -0.25) is 4.79 Å². The number of aliphatic carboxylic acids is 1. The van der Waals surface area contributed by atoms with Gasteiger partial charge in [-0.05, 0) is 48.4 Å². The predicted octanol–water partition coefficient (Wildman–Crippen LogP) is 3.77. The van der Waals surface area contributed by atoms with Crippen molar-refractivity contribution in [3.8, 4) is 5.75 Å². The minimum atomic E-state index is -0.884. The molecule has 3 aromatic rings. The Labute approximate surface area is 139 Å². The average Bonchev–Trinajstić information content (AvgIpc) is 2.79. The Morgan fingerprint density at radius 3 is 2.71 bits per heavy atom. The fourth-order valence-corrected chi connectivity index (χ4v) is 3.05. The molecule has 0 unspecified atom stereocenters. The molecule has 124 valence electrons. The van der Waals surface area contributed by atoms with Crippen molar-refractivity contribution in [3.05, 3.63) is 65.1 Å². The Bertz CT molecular complexity index is 914. The van der Waals surface area contributed by atoms with Gasteiger partial charge in [0.25, 0.3) is 0 Å². The number of carboxylic acids is 1. The molecule has 1 N–H and O–H groups in total. The first-order valence-corrected chi connectivity index (χ1v) is 7.61. The molecule has 24 heavy (non-hydrogen) atoms. The topological polar surface area (TPSA) is 51.5 Å². The van der Waals surface area contributed by atoms with Gasteiger partial charge < -0.3 is 14.4 Å². The van der Waals surface area contributed by atoms with Crippen molar-refractivity contribution in [2.45, 2.75) is 19.9 Å². The van der Waals surface area contributed by atoms with E-state index in [-0.39, 0.29) is 12.2 Å². The van der Waals surface area contributed by atoms with Gasteiger partial charge >= 0.3 is 5.97 Å². The molecule has 5 heteroatoms. The number of methoxy groups -OCH3 is 1. The fourth-order valence-electron chi connectivity index (χ4n) is 3.05. The number of hydrogen-bond donors (Lipinski definition) is 1. The van der Waals surface area contributed by atoms with Gasteiger partial charge in [0.05, 0.1) is 13.5 Å². The smallest absolute Gasteiger partial charge is 0.307 e. The number of fused-ring (bicyclic) bond motifs is 1. The van der Waals surface area contributed by atoms with Crippen LogP contribution in [0.1, 0.15) is 16.8 Å². The maximum absolute atomic E-state index is 13.5. The number of aromatic nitrogens is 1. The van der Waals surface area contributed by atoms with Crippen LogP contribution in [0, 0.1) is 12.7 Å². The lowest BCUT2D eigenvalue weighted by Gasteiger charge is -2.09. The van der Waals surface area contributed by atoms with Crippen LogP contribution < -0.4 is 4.74 Å². The van der Waals surface area contributed by atoms with Crippen LogP contribution in [0.3, 0.4) is 0 Å². The van der Waals surface area contributed by atoms with E-state index in [0.29, 0.717) is 12.3 Å². The monoisotopic (exact) mass is 327 g/mol. The van der Waals surface area contributed by atoms with E-state index >= 15 is 0 Å². The van der Waals surface area contributed by atoms with Gasteiger partial charge in [-0.1, -0.05) is 12.1 Å². The van der Waals surface area contributed by atoms with E-state index in [1.54, 1.807) is 13.2 Å². The normalized spacial score (nSPS) is 11.0. The summed E-state index contributed by atoms with van der Waals surface area (Å²) in [5, 5.41) is 10.1. The van der Waals surface area contributed by atoms with Crippen molar-refractivity contribution in [2.75, 3.05) is 7.11 Å². The first-order chi connectivity index (χ1) is 11.5. The van der Waals surface area contributed by atoms with Crippen LogP contribution in [0.2, 0.25) is 0 Å². The number of hydrogen-bond acceptors (Lipinski definition) is 2. The molecular formula is C19H18FNO3. The van der Waals surface area contributed by atoms with E-state index in [2.05, 4.69) is 0 Å². The molecule has 0 aliphatic carbocycles. The Kier molecular flexibility index (Phi) is 4.25. The number of ether oxygens (including phenoxy) is 1. The van der Waals surface area contributed by atoms with E-state index in [9.17, 15) is 14.3 Å². The summed E-state index contributed by atoms with van der Waals surface area (Å²) in [4.78, 5) is 11.2. The van der Waals surface area contributed by atoms with Crippen LogP contribution >= 0.6 is 0 Å². The second kappa shape index (κ2) is 6.35. The van der Waals surface area contributed by atoms with Gasteiger partial charge in [0.1, 0.15) is 11.6 Å². The van der Waals surface area contributed by atoms with Crippen molar-refractivity contribution >= 4 is 16.9 Å². The van der Waals surface area contributed by atoms with Crippen LogP contribution in [0.25, 0.3) is 10.9 Å². The Balaban J connectivity index is 2.16. The van der Waals surface area contributed by atoms with Crippen molar-refractivity contribution in [2.24, 2.45) is 0 Å². The third-order valence-corrected chi connectivity index (χ3v) is 4.22. The van der Waals surface area contributed by atoms with E-state index in [0.717, 1.165) is 27.7 Å². The first-order valence-electron chi connectivity index (χ1n) is 7.61. The van der Waals surface area contributed by atoms with E-state index in [1.165, 1.54) is 12.1 Å². The minimum absolute atomic E-state index is 0.0638. The summed E-state index contributed by atoms with van der Waals surface area (Å²) in [7, 11) is 1.58. The van der Waals surface area contributed by atoms with Crippen molar-refractivity contribution < 1.29 is 19.0 Å². The second-order valence-electron chi connectivity index (χ2n) is 5.73. The lowest BCUT2D eigenvalue weighted by molar-refractivity contribution is -0.136. The van der Waals surface area contributed by atoms with Gasteiger partial charge in [0.15, 0.2) is 0 Å². The third kappa shape index (κ3) is 2.97. The maximum Gasteiger partial charge on any atom is 0.307 e. The van der Waals surface area contributed by atoms with Crippen LogP contribution in [-0.4, -0.2) is 22.8 Å². The fraction of sp³-hybridized carbons (Fsp3) is 0.211. The number of carbonyl (C=O) groups is 1. The Hall–Kier alpha value is -2.82. The van der Waals surface area contributed by atoms with Gasteiger partial charge in [-0.2, -0.15) is 0 Å². The highest BCUT2D eigenvalue weighted by Gasteiger charge is 2.17. The summed E-state index contributed by atoms with van der Waals surface area (Å²) in [6.45, 7) is 2.37. The molecule has 2 aromatic carbocycles. The lowest BCUT2D eigenvalue weighted by Crippen LogP contribution is -2.05. The molecule has 0 aliphatic heterocycles. The molecule has 4 nitrogen and oxygen atoms in total. The largest absolute Gasteiger partial charge is 0.497 e. The van der Waals surface area contributed by atoms with Gasteiger partial charge in [-0.15, -0.1) is 0 Å². The van der Waals surface area contributed by atoms with Crippen molar-refractivity contribution in [1.29, 1.82) is 0 Å². The number of carboxylic acid groups (broad SMARTS) is 1. The summed E-state index contributed by atoms with van der Waals surface area (Å²) in [6, 6.07) is 12.0. The molecule has 3 rings (SSSR count). The van der Waals surface area contributed by atoms with Gasteiger partial charge in [0, 0.05) is 23.1 Å². The van der Waals surface area contributed by atoms with Gasteiger partial charge in [-0.25, -0.2) is 4.39 Å². The lowest BCUT2D eigenvalue weighted by atomic mass is 10.1. The molecule has 0 fully saturated rings. The number of benzene rings is 2. The quantitative estimate of drug-likeness (QED) is 0.776. The molecule has 0 saturated carbocycles. The predicted molar refractivity (Wildman–Crippen MR) is 90.1 cm³/mol. The average molecular weight is 327 g/mol. The zero-order chi connectivity index (χ0) is 17.3. The minimum Gasteiger partial charge on any atom is -0.497 e. The van der Waals surface area contributed by atoms with E-state index in [4.69, 9.17) is 4.74 Å². The number of halogens is 1. The molecule has 0 bridgehead atoms. The molecule has 0 saturated heterocycles. The zero-order valence-electron chi connectivity index (χ0n) is 13.5. The number of rotatable bonds is 5. The van der Waals surface area contributed by atoms with Crippen LogP contribution in [-0.2, 0) is 17.8 Å². The highest BCUT2D eigenvalue weighted by Crippen LogP contribution is 2.30. The van der Waals surface area contributed by atoms with Crippen molar-refractivity contribution in [1.82, 2.24) is 4.57 Å². The third-order valence-electron chi connectivity index (χ3n) is 4.22.